The molecule has 1 aliphatic carbocycles. The number of phenolic OH excluding ortho intramolecular Hbond substituents is 2. The van der Waals surface area contributed by atoms with Crippen LogP contribution in [0.1, 0.15) is 31.8 Å². The number of aromatic hydroxyl groups is 2. The molecular formula is C29H18F6N2O4. The summed E-state index contributed by atoms with van der Waals surface area (Å²) in [5.41, 5.74) is -0.303. The summed E-state index contributed by atoms with van der Waals surface area (Å²) >= 11 is 0. The van der Waals surface area contributed by atoms with Gasteiger partial charge in [-0.2, -0.15) is 26.3 Å². The Morgan fingerprint density at radius 3 is 1.22 bits per heavy atom. The quantitative estimate of drug-likeness (QED) is 0.113. The molecular weight excluding hydrogens is 554 g/mol. The summed E-state index contributed by atoms with van der Waals surface area (Å²) in [6.07, 6.45) is -10.1. The average molecular weight is 572 g/mol. The van der Waals surface area contributed by atoms with Gasteiger partial charge in [-0.15, -0.1) is 0 Å². The Bertz CT molecular complexity index is 1540. The lowest BCUT2D eigenvalue weighted by atomic mass is 9.94. The number of anilines is 2. The fourth-order valence-electron chi connectivity index (χ4n) is 4.77. The number of ketones is 2. The van der Waals surface area contributed by atoms with Crippen LogP contribution in [0.3, 0.4) is 0 Å². The minimum atomic E-state index is -5.07. The molecule has 0 aliphatic heterocycles. The van der Waals surface area contributed by atoms with E-state index in [4.69, 9.17) is 0 Å². The van der Waals surface area contributed by atoms with E-state index in [1.54, 1.807) is 12.1 Å². The van der Waals surface area contributed by atoms with Gasteiger partial charge in [0.2, 0.25) is 0 Å². The van der Waals surface area contributed by atoms with Crippen molar-refractivity contribution in [3.63, 3.8) is 0 Å². The maximum Gasteiger partial charge on any atom is 0.454 e. The third kappa shape index (κ3) is 5.04. The van der Waals surface area contributed by atoms with E-state index in [0.29, 0.717) is 22.3 Å². The number of hydrogen-bond donors (Lipinski definition) is 4. The smallest absolute Gasteiger partial charge is 0.454 e. The van der Waals surface area contributed by atoms with Gasteiger partial charge >= 0.3 is 12.4 Å². The molecule has 6 nitrogen and oxygen atoms in total. The van der Waals surface area contributed by atoms with E-state index in [1.165, 1.54) is 48.5 Å². The summed E-state index contributed by atoms with van der Waals surface area (Å²) in [5.74, 6) is -4.36. The van der Waals surface area contributed by atoms with Gasteiger partial charge < -0.3 is 20.8 Å². The van der Waals surface area contributed by atoms with Crippen molar-refractivity contribution in [3.8, 4) is 22.6 Å². The second kappa shape index (κ2) is 9.58. The molecule has 0 spiro atoms. The van der Waals surface area contributed by atoms with E-state index < -0.39 is 40.7 Å². The van der Waals surface area contributed by atoms with Gasteiger partial charge in [0.1, 0.15) is 11.5 Å². The van der Waals surface area contributed by atoms with Crippen LogP contribution in [0.4, 0.5) is 37.7 Å². The van der Waals surface area contributed by atoms with E-state index in [1.807, 2.05) is 0 Å². The molecule has 4 aromatic carbocycles. The number of carbonyl (C=O) groups excluding carboxylic acids is 2. The summed E-state index contributed by atoms with van der Waals surface area (Å²) in [6.45, 7) is 0. The van der Waals surface area contributed by atoms with Crippen LogP contribution in [0.2, 0.25) is 0 Å². The molecule has 0 amide bonds. The second-order valence-corrected chi connectivity index (χ2v) is 9.27. The standard InChI is InChI=1S/C29H18F6N2O4/c30-28(31,32)25(40)15-1-5-17(6-2-15)36-27(37-18-7-3-16(4-8-18)26(41)29(33,34)35)23-13-19(38)9-11-21(23)22-12-10-20(39)14-24(22)27/h1-14,36-39H. The molecule has 0 saturated heterocycles. The number of fused-ring (bicyclic) bond motifs is 3. The van der Waals surface area contributed by atoms with Gasteiger partial charge in [-0.25, -0.2) is 0 Å². The Morgan fingerprint density at radius 2 is 0.902 bits per heavy atom. The van der Waals surface area contributed by atoms with Crippen LogP contribution in [0, 0.1) is 0 Å². The van der Waals surface area contributed by atoms with Crippen molar-refractivity contribution in [2.75, 3.05) is 10.6 Å². The molecule has 0 radical (unpaired) electrons. The molecule has 4 aromatic rings. The van der Waals surface area contributed by atoms with Gasteiger partial charge in [-0.05, 0) is 83.9 Å². The minimum absolute atomic E-state index is 0.147. The zero-order valence-corrected chi connectivity index (χ0v) is 20.6. The maximum atomic E-state index is 12.9. The van der Waals surface area contributed by atoms with Gasteiger partial charge in [-0.3, -0.25) is 9.59 Å². The van der Waals surface area contributed by atoms with Crippen LogP contribution < -0.4 is 10.6 Å². The third-order valence-electron chi connectivity index (χ3n) is 6.58. The SMILES string of the molecule is O=C(c1ccc(NC2(Nc3ccc(C(=O)C(F)(F)F)cc3)c3cc(O)ccc3-c3ccc(O)cc32)cc1)C(F)(F)F. The van der Waals surface area contributed by atoms with Gasteiger partial charge in [0.15, 0.2) is 5.66 Å². The largest absolute Gasteiger partial charge is 0.508 e. The molecule has 0 bridgehead atoms. The van der Waals surface area contributed by atoms with Crippen LogP contribution in [0.5, 0.6) is 11.5 Å². The molecule has 4 N–H and O–H groups in total. The van der Waals surface area contributed by atoms with E-state index in [-0.39, 0.29) is 22.9 Å². The number of benzene rings is 4. The van der Waals surface area contributed by atoms with Crippen LogP contribution in [-0.2, 0) is 5.66 Å². The molecule has 1 aliphatic rings. The average Bonchev–Trinajstić information content (AvgIpc) is 3.15. The Hall–Kier alpha value is -5.00. The molecule has 0 saturated carbocycles. The van der Waals surface area contributed by atoms with E-state index in [0.717, 1.165) is 24.3 Å². The molecule has 210 valence electrons. The number of alkyl halides is 6. The number of halogens is 6. The van der Waals surface area contributed by atoms with Crippen molar-refractivity contribution in [2.45, 2.75) is 18.0 Å². The molecule has 0 fully saturated rings. The topological polar surface area (TPSA) is 98.7 Å². The zero-order valence-electron chi connectivity index (χ0n) is 20.6. The Labute approximate surface area is 227 Å². The number of nitrogens with one attached hydrogen (secondary N) is 2. The monoisotopic (exact) mass is 572 g/mol. The van der Waals surface area contributed by atoms with Gasteiger partial charge in [0.25, 0.3) is 11.6 Å². The lowest BCUT2D eigenvalue weighted by Gasteiger charge is -2.36. The first-order chi connectivity index (χ1) is 19.2. The highest BCUT2D eigenvalue weighted by Gasteiger charge is 2.45. The Kier molecular flexibility index (Phi) is 6.44. The second-order valence-electron chi connectivity index (χ2n) is 9.27. The molecule has 0 atom stereocenters. The molecule has 0 unspecified atom stereocenters. The first-order valence-corrected chi connectivity index (χ1v) is 11.9. The van der Waals surface area contributed by atoms with Crippen LogP contribution in [0.15, 0.2) is 84.9 Å². The first-order valence-electron chi connectivity index (χ1n) is 11.9. The van der Waals surface area contributed by atoms with E-state index in [2.05, 4.69) is 10.6 Å². The van der Waals surface area contributed by atoms with Crippen molar-refractivity contribution in [2.24, 2.45) is 0 Å². The normalized spacial score (nSPS) is 13.7. The lowest BCUT2D eigenvalue weighted by molar-refractivity contribution is -0.0888. The first kappa shape index (κ1) is 27.6. The Morgan fingerprint density at radius 1 is 0.561 bits per heavy atom. The fourth-order valence-corrected chi connectivity index (χ4v) is 4.77. The highest BCUT2D eigenvalue weighted by Crippen LogP contribution is 2.51. The van der Waals surface area contributed by atoms with Crippen LogP contribution in [0.25, 0.3) is 11.1 Å². The lowest BCUT2D eigenvalue weighted by Crippen LogP contribution is -2.42. The van der Waals surface area contributed by atoms with Gasteiger partial charge in [-0.1, -0.05) is 12.1 Å². The van der Waals surface area contributed by atoms with Gasteiger partial charge in [0, 0.05) is 33.6 Å². The molecule has 41 heavy (non-hydrogen) atoms. The Balaban J connectivity index is 1.63. The molecule has 0 heterocycles. The number of Topliss-reactive ketones (excluding diaryl/α,β-unsaturated/α-hetero) is 2. The van der Waals surface area contributed by atoms with Crippen molar-refractivity contribution in [1.82, 2.24) is 0 Å². The summed E-state index contributed by atoms with van der Waals surface area (Å²) < 4.78 is 77.5. The van der Waals surface area contributed by atoms with Gasteiger partial charge in [0.05, 0.1) is 0 Å². The van der Waals surface area contributed by atoms with Crippen molar-refractivity contribution < 1.29 is 46.1 Å². The van der Waals surface area contributed by atoms with Crippen molar-refractivity contribution >= 4 is 22.9 Å². The predicted octanol–water partition coefficient (Wildman–Crippen LogP) is 6.99. The molecule has 0 aromatic heterocycles. The number of carbonyl (C=O) groups is 2. The zero-order chi connectivity index (χ0) is 29.7. The van der Waals surface area contributed by atoms with Crippen molar-refractivity contribution in [3.05, 3.63) is 107 Å². The van der Waals surface area contributed by atoms with E-state index in [9.17, 15) is 46.1 Å². The van der Waals surface area contributed by atoms with Crippen LogP contribution in [-0.4, -0.2) is 34.1 Å². The molecule has 12 heteroatoms. The summed E-state index contributed by atoms with van der Waals surface area (Å²) in [5, 5.41) is 27.0. The summed E-state index contributed by atoms with van der Waals surface area (Å²) in [6, 6.07) is 17.8. The third-order valence-corrected chi connectivity index (χ3v) is 6.58. The van der Waals surface area contributed by atoms with Crippen molar-refractivity contribution in [1.29, 1.82) is 0 Å². The fraction of sp³-hybridized carbons (Fsp3) is 0.103. The summed E-state index contributed by atoms with van der Waals surface area (Å²) in [7, 11) is 0. The maximum absolute atomic E-state index is 12.9. The minimum Gasteiger partial charge on any atom is -0.508 e. The highest BCUT2D eigenvalue weighted by molar-refractivity contribution is 6.01. The predicted molar refractivity (Wildman–Crippen MR) is 137 cm³/mol. The van der Waals surface area contributed by atoms with Crippen LogP contribution >= 0.6 is 0 Å². The number of phenols is 2. The number of hydrogen-bond acceptors (Lipinski definition) is 6. The summed E-state index contributed by atoms with van der Waals surface area (Å²) in [4.78, 5) is 23.3. The van der Waals surface area contributed by atoms with E-state index >= 15 is 0 Å². The molecule has 5 rings (SSSR count). The number of rotatable bonds is 6. The highest BCUT2D eigenvalue weighted by atomic mass is 19.4.